The molecule has 3 rings (SSSR count). The van der Waals surface area contributed by atoms with Crippen molar-refractivity contribution in [1.29, 1.82) is 5.26 Å². The SMILES string of the molecule is C=C(F)/C=C(C#N)\C=C(/C)Oc1ccc2c3c1C(C)CC3(O)C(F)(F)C2(F)F. The highest BCUT2D eigenvalue weighted by Gasteiger charge is 2.78. The van der Waals surface area contributed by atoms with Gasteiger partial charge in [0.15, 0.2) is 5.60 Å². The first-order chi connectivity index (χ1) is 12.9. The normalized spacial score (nSPS) is 27.3. The Labute approximate surface area is 158 Å². The van der Waals surface area contributed by atoms with Crippen LogP contribution in [0.1, 0.15) is 42.9 Å². The Morgan fingerprint density at radius 2 is 1.96 bits per heavy atom. The minimum Gasteiger partial charge on any atom is -0.462 e. The van der Waals surface area contributed by atoms with E-state index in [9.17, 15) is 27.1 Å². The summed E-state index contributed by atoms with van der Waals surface area (Å²) in [6, 6.07) is 3.68. The number of rotatable bonds is 4. The molecule has 2 unspecified atom stereocenters. The minimum absolute atomic E-state index is 0.0146. The number of nitrogens with zero attached hydrogens (tertiary/aromatic N) is 1. The first-order valence-electron chi connectivity index (χ1n) is 8.35. The van der Waals surface area contributed by atoms with Crippen LogP contribution in [0.25, 0.3) is 0 Å². The maximum atomic E-state index is 14.4. The second kappa shape index (κ2) is 6.17. The number of allylic oxidation sites excluding steroid dienone is 5. The van der Waals surface area contributed by atoms with Gasteiger partial charge in [-0.2, -0.15) is 22.8 Å². The number of benzene rings is 1. The highest BCUT2D eigenvalue weighted by atomic mass is 19.3. The summed E-state index contributed by atoms with van der Waals surface area (Å²) in [6.07, 6.45) is 1.49. The average Bonchev–Trinajstić information content (AvgIpc) is 2.91. The van der Waals surface area contributed by atoms with Gasteiger partial charge in [-0.25, -0.2) is 4.39 Å². The maximum absolute atomic E-state index is 14.4. The van der Waals surface area contributed by atoms with Crippen LogP contribution < -0.4 is 4.74 Å². The Morgan fingerprint density at radius 1 is 1.32 bits per heavy atom. The summed E-state index contributed by atoms with van der Waals surface area (Å²) in [5.41, 5.74) is -4.44. The number of halogens is 5. The molecule has 0 radical (unpaired) electrons. The summed E-state index contributed by atoms with van der Waals surface area (Å²) < 4.78 is 75.6. The van der Waals surface area contributed by atoms with Gasteiger partial charge in [0.25, 0.3) is 0 Å². The van der Waals surface area contributed by atoms with Crippen LogP contribution in [0, 0.1) is 11.3 Å². The quantitative estimate of drug-likeness (QED) is 0.323. The third kappa shape index (κ3) is 2.57. The van der Waals surface area contributed by atoms with Gasteiger partial charge >= 0.3 is 11.8 Å². The topological polar surface area (TPSA) is 53.2 Å². The van der Waals surface area contributed by atoms with E-state index in [0.29, 0.717) is 0 Å². The molecule has 1 N–H and O–H groups in total. The van der Waals surface area contributed by atoms with E-state index in [2.05, 4.69) is 6.58 Å². The standard InChI is InChI=1S/C20H16F5NO2/c1-10-8-18(27)17-14(19(22,23)20(18,24)25)4-5-15(16(10)17)28-12(3)7-13(9-26)6-11(2)21/h4-7,10,27H,2,8H2,1,3H3/b12-7+,13-6+. The van der Waals surface area contributed by atoms with Gasteiger partial charge in [0.05, 0.1) is 11.6 Å². The molecule has 1 aromatic rings. The van der Waals surface area contributed by atoms with E-state index in [4.69, 9.17) is 10.00 Å². The molecule has 0 fully saturated rings. The summed E-state index contributed by atoms with van der Waals surface area (Å²) in [7, 11) is 0. The van der Waals surface area contributed by atoms with Gasteiger partial charge in [0.1, 0.15) is 17.3 Å². The predicted octanol–water partition coefficient (Wildman–Crippen LogP) is 5.34. The van der Waals surface area contributed by atoms with E-state index in [1.807, 2.05) is 0 Å². The van der Waals surface area contributed by atoms with Gasteiger partial charge < -0.3 is 9.84 Å². The third-order valence-electron chi connectivity index (χ3n) is 5.04. The second-order valence-corrected chi connectivity index (χ2v) is 7.03. The van der Waals surface area contributed by atoms with Gasteiger partial charge in [-0.05, 0) is 43.5 Å². The van der Waals surface area contributed by atoms with Crippen molar-refractivity contribution in [1.82, 2.24) is 0 Å². The van der Waals surface area contributed by atoms with E-state index < -0.39 is 46.7 Å². The summed E-state index contributed by atoms with van der Waals surface area (Å²) in [5, 5.41) is 19.5. The van der Waals surface area contributed by atoms with E-state index >= 15 is 0 Å². The van der Waals surface area contributed by atoms with Crippen LogP contribution in [0.15, 0.2) is 48.0 Å². The predicted molar refractivity (Wildman–Crippen MR) is 90.5 cm³/mol. The number of aliphatic hydroxyl groups is 1. The minimum atomic E-state index is -4.65. The zero-order valence-electron chi connectivity index (χ0n) is 15.0. The first kappa shape index (κ1) is 20.1. The molecule has 0 heterocycles. The number of hydrogen-bond acceptors (Lipinski definition) is 3. The van der Waals surface area contributed by atoms with E-state index in [1.54, 1.807) is 6.07 Å². The Balaban J connectivity index is 2.09. The molecule has 1 aromatic carbocycles. The lowest BCUT2D eigenvalue weighted by molar-refractivity contribution is -0.286. The summed E-state index contributed by atoms with van der Waals surface area (Å²) in [5.74, 6) is -10.6. The summed E-state index contributed by atoms with van der Waals surface area (Å²) >= 11 is 0. The fourth-order valence-electron chi connectivity index (χ4n) is 3.94. The smallest absolute Gasteiger partial charge is 0.346 e. The van der Waals surface area contributed by atoms with E-state index in [0.717, 1.165) is 18.2 Å². The number of hydrogen-bond donors (Lipinski definition) is 1. The van der Waals surface area contributed by atoms with Crippen molar-refractivity contribution >= 4 is 0 Å². The monoisotopic (exact) mass is 397 g/mol. The molecule has 0 amide bonds. The third-order valence-corrected chi connectivity index (χ3v) is 5.04. The van der Waals surface area contributed by atoms with Crippen molar-refractivity contribution < 1.29 is 31.8 Å². The second-order valence-electron chi connectivity index (χ2n) is 7.03. The molecule has 2 atom stereocenters. The average molecular weight is 397 g/mol. The van der Waals surface area contributed by atoms with Crippen LogP contribution in [0.4, 0.5) is 22.0 Å². The van der Waals surface area contributed by atoms with Crippen LogP contribution in [0.2, 0.25) is 0 Å². The molecule has 0 spiro atoms. The molecule has 0 saturated heterocycles. The molecule has 0 aliphatic heterocycles. The van der Waals surface area contributed by atoms with Crippen LogP contribution in [0.5, 0.6) is 5.75 Å². The van der Waals surface area contributed by atoms with Gasteiger partial charge in [-0.15, -0.1) is 0 Å². The van der Waals surface area contributed by atoms with E-state index in [1.165, 1.54) is 19.9 Å². The highest BCUT2D eigenvalue weighted by Crippen LogP contribution is 2.68. The first-order valence-corrected chi connectivity index (χ1v) is 8.35. The molecule has 0 saturated carbocycles. The summed E-state index contributed by atoms with van der Waals surface area (Å²) in [6.45, 7) is 5.98. The van der Waals surface area contributed by atoms with Crippen LogP contribution in [-0.4, -0.2) is 11.0 Å². The lowest BCUT2D eigenvalue weighted by atomic mass is 9.93. The highest BCUT2D eigenvalue weighted by molar-refractivity contribution is 5.60. The van der Waals surface area contributed by atoms with Gasteiger partial charge in [0, 0.05) is 16.7 Å². The lowest BCUT2D eigenvalue weighted by Gasteiger charge is -2.30. The van der Waals surface area contributed by atoms with E-state index in [-0.39, 0.29) is 22.6 Å². The zero-order chi connectivity index (χ0) is 21.1. The Kier molecular flexibility index (Phi) is 4.43. The van der Waals surface area contributed by atoms with Crippen LogP contribution in [-0.2, 0) is 11.5 Å². The molecule has 2 aliphatic rings. The molecular formula is C20H16F5NO2. The summed E-state index contributed by atoms with van der Waals surface area (Å²) in [4.78, 5) is 0. The Hall–Kier alpha value is -2.66. The van der Waals surface area contributed by atoms with Crippen molar-refractivity contribution in [2.45, 2.75) is 43.6 Å². The van der Waals surface area contributed by atoms with Gasteiger partial charge in [-0.3, -0.25) is 0 Å². The molecular weight excluding hydrogens is 381 g/mol. The Morgan fingerprint density at radius 3 is 2.54 bits per heavy atom. The van der Waals surface area contributed by atoms with Crippen molar-refractivity contribution in [2.75, 3.05) is 0 Å². The zero-order valence-corrected chi connectivity index (χ0v) is 15.0. The van der Waals surface area contributed by atoms with Crippen LogP contribution >= 0.6 is 0 Å². The molecule has 8 heteroatoms. The number of alkyl halides is 4. The largest absolute Gasteiger partial charge is 0.462 e. The number of nitriles is 1. The Bertz CT molecular complexity index is 974. The molecule has 3 nitrogen and oxygen atoms in total. The van der Waals surface area contributed by atoms with Crippen LogP contribution in [0.3, 0.4) is 0 Å². The molecule has 0 bridgehead atoms. The fraction of sp³-hybridized carbons (Fsp3) is 0.350. The number of ether oxygens (including phenoxy) is 1. The fourth-order valence-corrected chi connectivity index (χ4v) is 3.94. The lowest BCUT2D eigenvalue weighted by Crippen LogP contribution is -2.48. The molecule has 148 valence electrons. The van der Waals surface area contributed by atoms with Crippen molar-refractivity contribution in [2.24, 2.45) is 0 Å². The van der Waals surface area contributed by atoms with Crippen molar-refractivity contribution in [3.05, 3.63) is 64.7 Å². The van der Waals surface area contributed by atoms with Gasteiger partial charge in [0.2, 0.25) is 0 Å². The van der Waals surface area contributed by atoms with Crippen molar-refractivity contribution in [3.8, 4) is 11.8 Å². The molecule has 28 heavy (non-hydrogen) atoms. The maximum Gasteiger partial charge on any atom is 0.346 e. The molecule has 0 aromatic heterocycles. The van der Waals surface area contributed by atoms with Gasteiger partial charge in [-0.1, -0.05) is 13.5 Å². The van der Waals surface area contributed by atoms with Crippen molar-refractivity contribution in [3.63, 3.8) is 0 Å². The molecule has 2 aliphatic carbocycles.